The number of benzene rings is 1. The summed E-state index contributed by atoms with van der Waals surface area (Å²) in [7, 11) is 0. The Bertz CT molecular complexity index is 686. The van der Waals surface area contributed by atoms with Gasteiger partial charge >= 0.3 is 0 Å². The van der Waals surface area contributed by atoms with Crippen LogP contribution < -0.4 is 5.32 Å². The molecule has 3 rings (SSSR count). The van der Waals surface area contributed by atoms with Gasteiger partial charge in [-0.1, -0.05) is 30.3 Å². The Hall–Kier alpha value is -2.21. The third-order valence-electron chi connectivity index (χ3n) is 3.94. The Morgan fingerprint density at radius 3 is 2.70 bits per heavy atom. The summed E-state index contributed by atoms with van der Waals surface area (Å²) in [6, 6.07) is 9.82. The topological polar surface area (TPSA) is 62.3 Å². The number of hydrogen-bond acceptors (Lipinski definition) is 4. The van der Waals surface area contributed by atoms with Gasteiger partial charge < -0.3 is 10.2 Å². The van der Waals surface area contributed by atoms with Crippen LogP contribution in [-0.2, 0) is 24.2 Å². The molecule has 0 saturated carbocycles. The van der Waals surface area contributed by atoms with Crippen LogP contribution >= 0.6 is 11.3 Å². The van der Waals surface area contributed by atoms with E-state index in [1.54, 1.807) is 6.92 Å². The molecular formula is C17H19N3O2S. The van der Waals surface area contributed by atoms with Crippen molar-refractivity contribution in [2.24, 2.45) is 0 Å². The Labute approximate surface area is 139 Å². The number of aromatic nitrogens is 1. The average molecular weight is 329 g/mol. The lowest BCUT2D eigenvalue weighted by Crippen LogP contribution is -2.31. The maximum absolute atomic E-state index is 12.3. The lowest BCUT2D eigenvalue weighted by atomic mass is 10.2. The van der Waals surface area contributed by atoms with Gasteiger partial charge in [-0.25, -0.2) is 4.98 Å². The first-order chi connectivity index (χ1) is 11.1. The molecule has 2 aromatic rings. The van der Waals surface area contributed by atoms with Crippen LogP contribution in [0.5, 0.6) is 0 Å². The van der Waals surface area contributed by atoms with E-state index in [0.717, 1.165) is 29.0 Å². The first kappa shape index (κ1) is 15.7. The lowest BCUT2D eigenvalue weighted by molar-refractivity contribution is -0.128. The molecule has 6 heteroatoms. The SMILES string of the molecule is CC(=O)N1CCc2nc(C(=O)NCc3ccccc3)sc2CC1. The average Bonchev–Trinajstić information content (AvgIpc) is 2.86. The molecule has 0 unspecified atom stereocenters. The first-order valence-corrected chi connectivity index (χ1v) is 8.51. The van der Waals surface area contributed by atoms with E-state index in [9.17, 15) is 9.59 Å². The Balaban J connectivity index is 1.63. The van der Waals surface area contributed by atoms with Gasteiger partial charge in [0.15, 0.2) is 5.01 Å². The molecule has 1 aromatic carbocycles. The summed E-state index contributed by atoms with van der Waals surface area (Å²) in [5.41, 5.74) is 2.03. The quantitative estimate of drug-likeness (QED) is 0.937. The van der Waals surface area contributed by atoms with Crippen molar-refractivity contribution in [1.29, 1.82) is 0 Å². The Morgan fingerprint density at radius 2 is 1.96 bits per heavy atom. The molecule has 1 aromatic heterocycles. The number of nitrogens with one attached hydrogen (secondary N) is 1. The van der Waals surface area contributed by atoms with Crippen LogP contribution in [-0.4, -0.2) is 34.8 Å². The molecule has 2 heterocycles. The van der Waals surface area contributed by atoms with E-state index >= 15 is 0 Å². The molecule has 23 heavy (non-hydrogen) atoms. The molecule has 0 spiro atoms. The monoisotopic (exact) mass is 329 g/mol. The molecule has 1 aliphatic rings. The zero-order chi connectivity index (χ0) is 16.2. The van der Waals surface area contributed by atoms with Crippen molar-refractivity contribution in [3.8, 4) is 0 Å². The summed E-state index contributed by atoms with van der Waals surface area (Å²) in [6.07, 6.45) is 1.50. The van der Waals surface area contributed by atoms with Crippen molar-refractivity contribution in [2.45, 2.75) is 26.3 Å². The number of carbonyl (C=O) groups is 2. The molecule has 0 aliphatic carbocycles. The molecule has 5 nitrogen and oxygen atoms in total. The number of carbonyl (C=O) groups excluding carboxylic acids is 2. The van der Waals surface area contributed by atoms with Crippen molar-refractivity contribution in [3.05, 3.63) is 51.5 Å². The number of fused-ring (bicyclic) bond motifs is 1. The zero-order valence-corrected chi connectivity index (χ0v) is 13.9. The Kier molecular flexibility index (Phi) is 4.71. The smallest absolute Gasteiger partial charge is 0.280 e. The first-order valence-electron chi connectivity index (χ1n) is 7.69. The number of thiazole rings is 1. The minimum Gasteiger partial charge on any atom is -0.346 e. The Morgan fingerprint density at radius 1 is 1.22 bits per heavy atom. The highest BCUT2D eigenvalue weighted by atomic mass is 32.1. The summed E-state index contributed by atoms with van der Waals surface area (Å²) in [4.78, 5) is 31.2. The van der Waals surface area contributed by atoms with E-state index in [1.807, 2.05) is 35.2 Å². The van der Waals surface area contributed by atoms with Crippen molar-refractivity contribution in [2.75, 3.05) is 13.1 Å². The lowest BCUT2D eigenvalue weighted by Gasteiger charge is -2.17. The largest absolute Gasteiger partial charge is 0.346 e. The van der Waals surface area contributed by atoms with Gasteiger partial charge in [-0.05, 0) is 5.56 Å². The van der Waals surface area contributed by atoms with Gasteiger partial charge in [0.2, 0.25) is 5.91 Å². The summed E-state index contributed by atoms with van der Waals surface area (Å²) in [5, 5.41) is 3.43. The summed E-state index contributed by atoms with van der Waals surface area (Å²) >= 11 is 1.44. The third kappa shape index (κ3) is 3.76. The predicted octanol–water partition coefficient (Wildman–Crippen LogP) is 2.02. The molecule has 0 bridgehead atoms. The fourth-order valence-electron chi connectivity index (χ4n) is 2.63. The molecule has 2 amide bonds. The fraction of sp³-hybridized carbons (Fsp3) is 0.353. The molecular weight excluding hydrogens is 310 g/mol. The molecule has 0 fully saturated rings. The van der Waals surface area contributed by atoms with Gasteiger partial charge in [-0.3, -0.25) is 9.59 Å². The van der Waals surface area contributed by atoms with Crippen LogP contribution in [0.2, 0.25) is 0 Å². The van der Waals surface area contributed by atoms with Crippen molar-refractivity contribution < 1.29 is 9.59 Å². The van der Waals surface area contributed by atoms with E-state index in [-0.39, 0.29) is 11.8 Å². The number of hydrogen-bond donors (Lipinski definition) is 1. The van der Waals surface area contributed by atoms with Crippen LogP contribution in [0, 0.1) is 0 Å². The van der Waals surface area contributed by atoms with Gasteiger partial charge in [-0.2, -0.15) is 0 Å². The second-order valence-electron chi connectivity index (χ2n) is 5.56. The second-order valence-corrected chi connectivity index (χ2v) is 6.65. The maximum atomic E-state index is 12.3. The molecule has 0 atom stereocenters. The van der Waals surface area contributed by atoms with Crippen LogP contribution in [0.1, 0.15) is 32.9 Å². The zero-order valence-electron chi connectivity index (χ0n) is 13.0. The highest BCUT2D eigenvalue weighted by Gasteiger charge is 2.21. The van der Waals surface area contributed by atoms with Gasteiger partial charge in [0.05, 0.1) is 5.69 Å². The summed E-state index contributed by atoms with van der Waals surface area (Å²) in [5.74, 6) is -0.0312. The fourth-order valence-corrected chi connectivity index (χ4v) is 3.64. The normalized spacial score (nSPS) is 14.0. The highest BCUT2D eigenvalue weighted by Crippen LogP contribution is 2.23. The maximum Gasteiger partial charge on any atom is 0.280 e. The molecule has 120 valence electrons. The molecule has 0 radical (unpaired) electrons. The van der Waals surface area contributed by atoms with Crippen molar-refractivity contribution >= 4 is 23.2 Å². The molecule has 1 aliphatic heterocycles. The van der Waals surface area contributed by atoms with Gasteiger partial charge in [0, 0.05) is 44.3 Å². The third-order valence-corrected chi connectivity index (χ3v) is 5.10. The highest BCUT2D eigenvalue weighted by molar-refractivity contribution is 7.13. The van der Waals surface area contributed by atoms with E-state index in [0.29, 0.717) is 24.6 Å². The van der Waals surface area contributed by atoms with E-state index in [1.165, 1.54) is 11.3 Å². The predicted molar refractivity (Wildman–Crippen MR) is 89.4 cm³/mol. The molecule has 1 N–H and O–H groups in total. The van der Waals surface area contributed by atoms with Gasteiger partial charge in [0.1, 0.15) is 0 Å². The second kappa shape index (κ2) is 6.91. The van der Waals surface area contributed by atoms with Crippen LogP contribution in [0.25, 0.3) is 0 Å². The van der Waals surface area contributed by atoms with Crippen LogP contribution in [0.4, 0.5) is 0 Å². The minimum atomic E-state index is -0.129. The summed E-state index contributed by atoms with van der Waals surface area (Å²) < 4.78 is 0. The number of nitrogens with zero attached hydrogens (tertiary/aromatic N) is 2. The molecule has 0 saturated heterocycles. The van der Waals surface area contributed by atoms with Crippen LogP contribution in [0.15, 0.2) is 30.3 Å². The summed E-state index contributed by atoms with van der Waals surface area (Å²) in [6.45, 7) is 3.48. The van der Waals surface area contributed by atoms with Crippen molar-refractivity contribution in [3.63, 3.8) is 0 Å². The van der Waals surface area contributed by atoms with E-state index in [2.05, 4.69) is 10.3 Å². The number of rotatable bonds is 3. The standard InChI is InChI=1S/C17H19N3O2S/c1-12(21)20-9-7-14-15(8-10-20)23-17(19-14)16(22)18-11-13-5-3-2-4-6-13/h2-6H,7-11H2,1H3,(H,18,22). The van der Waals surface area contributed by atoms with E-state index in [4.69, 9.17) is 0 Å². The number of amides is 2. The van der Waals surface area contributed by atoms with Gasteiger partial charge in [-0.15, -0.1) is 11.3 Å². The minimum absolute atomic E-state index is 0.0981. The van der Waals surface area contributed by atoms with Crippen molar-refractivity contribution in [1.82, 2.24) is 15.2 Å². The van der Waals surface area contributed by atoms with Crippen LogP contribution in [0.3, 0.4) is 0 Å². The van der Waals surface area contributed by atoms with E-state index < -0.39 is 0 Å². The van der Waals surface area contributed by atoms with Gasteiger partial charge in [0.25, 0.3) is 5.91 Å².